The first-order valence-corrected chi connectivity index (χ1v) is 7.06. The third kappa shape index (κ3) is 4.63. The zero-order valence-corrected chi connectivity index (χ0v) is 13.0. The molecule has 0 aliphatic carbocycles. The fraction of sp³-hybridized carbons (Fsp3) is 0.267. The lowest BCUT2D eigenvalue weighted by Crippen LogP contribution is -2.27. The highest BCUT2D eigenvalue weighted by molar-refractivity contribution is 5.76. The zero-order valence-electron chi connectivity index (χ0n) is 13.0. The van der Waals surface area contributed by atoms with E-state index in [4.69, 9.17) is 0 Å². The Kier molecular flexibility index (Phi) is 5.61. The minimum absolute atomic E-state index is 0.119. The summed E-state index contributed by atoms with van der Waals surface area (Å²) in [5.41, 5.74) is 1.38. The number of carbonyl (C=O) groups excluding carboxylic acids is 2. The van der Waals surface area contributed by atoms with Crippen molar-refractivity contribution in [3.05, 3.63) is 57.9 Å². The molecule has 0 unspecified atom stereocenters. The van der Waals surface area contributed by atoms with Gasteiger partial charge in [0.05, 0.1) is 18.5 Å². The number of hydrogen-bond acceptors (Lipinski definition) is 6. The largest absolute Gasteiger partial charge is 0.469 e. The van der Waals surface area contributed by atoms with E-state index in [1.165, 1.54) is 18.0 Å². The first kappa shape index (κ1) is 17.1. The van der Waals surface area contributed by atoms with Gasteiger partial charge in [0.25, 0.3) is 0 Å². The molecule has 0 spiro atoms. The van der Waals surface area contributed by atoms with E-state index in [0.29, 0.717) is 0 Å². The van der Waals surface area contributed by atoms with Gasteiger partial charge in [-0.1, -0.05) is 24.3 Å². The molecule has 0 bridgehead atoms. The predicted molar refractivity (Wildman–Crippen MR) is 82.9 cm³/mol. The molecule has 0 radical (unpaired) electrons. The lowest BCUT2D eigenvalue weighted by atomic mass is 10.0. The minimum atomic E-state index is -0.579. The maximum Gasteiger partial charge on any atom is 0.309 e. The monoisotopic (exact) mass is 332 g/mol. The number of carbonyl (C=O) groups is 2. The van der Waals surface area contributed by atoms with Crippen LogP contribution in [0, 0.1) is 10.1 Å². The van der Waals surface area contributed by atoms with Crippen molar-refractivity contribution >= 4 is 17.6 Å². The molecule has 2 rings (SSSR count). The third-order valence-corrected chi connectivity index (χ3v) is 3.29. The molecule has 1 aromatic carbocycles. The number of aromatic nitrogens is 2. The van der Waals surface area contributed by atoms with Gasteiger partial charge in [0.1, 0.15) is 18.9 Å². The molecule has 0 saturated carbocycles. The third-order valence-electron chi connectivity index (χ3n) is 3.29. The second kappa shape index (κ2) is 7.86. The van der Waals surface area contributed by atoms with Crippen LogP contribution in [0.15, 0.2) is 36.7 Å². The Bertz CT molecular complexity index is 756. The topological polar surface area (TPSA) is 116 Å². The number of amides is 1. The summed E-state index contributed by atoms with van der Waals surface area (Å²) >= 11 is 0. The Hall–Kier alpha value is -3.23. The molecule has 1 amide bonds. The highest BCUT2D eigenvalue weighted by Gasteiger charge is 2.12. The number of ether oxygens (including phenoxy) is 1. The molecule has 1 aromatic heterocycles. The van der Waals surface area contributed by atoms with E-state index >= 15 is 0 Å². The van der Waals surface area contributed by atoms with Crippen LogP contribution in [0.2, 0.25) is 0 Å². The molecule has 0 fully saturated rings. The van der Waals surface area contributed by atoms with Gasteiger partial charge in [-0.15, -0.1) is 0 Å². The summed E-state index contributed by atoms with van der Waals surface area (Å²) in [6.45, 7) is 0.0996. The average molecular weight is 332 g/mol. The van der Waals surface area contributed by atoms with Crippen molar-refractivity contribution in [2.45, 2.75) is 19.5 Å². The molecule has 0 atom stereocenters. The van der Waals surface area contributed by atoms with Crippen molar-refractivity contribution in [2.24, 2.45) is 0 Å². The van der Waals surface area contributed by atoms with Crippen molar-refractivity contribution < 1.29 is 19.2 Å². The summed E-state index contributed by atoms with van der Waals surface area (Å²) in [4.78, 5) is 33.3. The summed E-state index contributed by atoms with van der Waals surface area (Å²) in [6.07, 6.45) is 2.39. The first-order valence-electron chi connectivity index (χ1n) is 7.06. The standard InChI is InChI=1S/C15H16N4O5/c1-24-15(21)6-11-4-2-3-5-12(11)7-16-14(20)10-18-9-13(8-17-18)19(22)23/h2-5,8-9H,6-7,10H2,1H3,(H,16,20). The van der Waals surface area contributed by atoms with Gasteiger partial charge < -0.3 is 10.1 Å². The Morgan fingerprint density at radius 1 is 1.33 bits per heavy atom. The SMILES string of the molecule is COC(=O)Cc1ccccc1CNC(=O)Cn1cc([N+](=O)[O-])cn1. The fourth-order valence-corrected chi connectivity index (χ4v) is 2.06. The second-order valence-corrected chi connectivity index (χ2v) is 4.95. The molecule has 24 heavy (non-hydrogen) atoms. The Balaban J connectivity index is 1.94. The molecule has 0 aliphatic heterocycles. The molecule has 2 aromatic rings. The summed E-state index contributed by atoms with van der Waals surface area (Å²) in [5, 5.41) is 17.0. The summed E-state index contributed by atoms with van der Waals surface area (Å²) in [6, 6.07) is 7.19. The van der Waals surface area contributed by atoms with Crippen molar-refractivity contribution in [1.82, 2.24) is 15.1 Å². The molecular formula is C15H16N4O5. The second-order valence-electron chi connectivity index (χ2n) is 4.95. The molecule has 9 nitrogen and oxygen atoms in total. The molecule has 1 N–H and O–H groups in total. The predicted octanol–water partition coefficient (Wildman–Crippen LogP) is 0.823. The van der Waals surface area contributed by atoms with Crippen LogP contribution in [0.25, 0.3) is 0 Å². The zero-order chi connectivity index (χ0) is 17.5. The lowest BCUT2D eigenvalue weighted by molar-refractivity contribution is -0.385. The van der Waals surface area contributed by atoms with Crippen molar-refractivity contribution in [1.29, 1.82) is 0 Å². The van der Waals surface area contributed by atoms with Crippen molar-refractivity contribution in [3.8, 4) is 0 Å². The van der Waals surface area contributed by atoms with Crippen molar-refractivity contribution in [2.75, 3.05) is 7.11 Å². The molecule has 0 aliphatic rings. The van der Waals surface area contributed by atoms with Gasteiger partial charge in [-0.2, -0.15) is 5.10 Å². The first-order chi connectivity index (χ1) is 11.5. The van der Waals surface area contributed by atoms with Gasteiger partial charge in [-0.05, 0) is 11.1 Å². The number of nitro groups is 1. The fourth-order valence-electron chi connectivity index (χ4n) is 2.06. The lowest BCUT2D eigenvalue weighted by Gasteiger charge is -2.10. The van der Waals surface area contributed by atoms with E-state index in [-0.39, 0.29) is 37.1 Å². The van der Waals surface area contributed by atoms with E-state index in [2.05, 4.69) is 15.2 Å². The number of nitrogens with zero attached hydrogens (tertiary/aromatic N) is 3. The Morgan fingerprint density at radius 3 is 2.67 bits per heavy atom. The molecule has 126 valence electrons. The van der Waals surface area contributed by atoms with Crippen LogP contribution in [0.4, 0.5) is 5.69 Å². The van der Waals surface area contributed by atoms with E-state index < -0.39 is 4.92 Å². The Labute approximate surface area is 137 Å². The highest BCUT2D eigenvalue weighted by atomic mass is 16.6. The molecule has 1 heterocycles. The van der Waals surface area contributed by atoms with Crippen LogP contribution in [0.1, 0.15) is 11.1 Å². The van der Waals surface area contributed by atoms with Gasteiger partial charge in [0.2, 0.25) is 5.91 Å². The van der Waals surface area contributed by atoms with Gasteiger partial charge in [0.15, 0.2) is 0 Å². The summed E-state index contributed by atoms with van der Waals surface area (Å²) in [5.74, 6) is -0.710. The van der Waals surface area contributed by atoms with Crippen LogP contribution in [-0.2, 0) is 33.8 Å². The molecular weight excluding hydrogens is 316 g/mol. The Morgan fingerprint density at radius 2 is 2.04 bits per heavy atom. The van der Waals surface area contributed by atoms with Crippen LogP contribution in [0.3, 0.4) is 0 Å². The highest BCUT2D eigenvalue weighted by Crippen LogP contribution is 2.10. The number of esters is 1. The maximum absolute atomic E-state index is 11.9. The van der Waals surface area contributed by atoms with Crippen LogP contribution >= 0.6 is 0 Å². The van der Waals surface area contributed by atoms with E-state index in [1.54, 1.807) is 24.3 Å². The van der Waals surface area contributed by atoms with Crippen LogP contribution in [0.5, 0.6) is 0 Å². The normalized spacial score (nSPS) is 10.2. The van der Waals surface area contributed by atoms with E-state index in [9.17, 15) is 19.7 Å². The minimum Gasteiger partial charge on any atom is -0.469 e. The summed E-state index contributed by atoms with van der Waals surface area (Å²) < 4.78 is 5.83. The number of benzene rings is 1. The number of methoxy groups -OCH3 is 1. The maximum atomic E-state index is 11.9. The quantitative estimate of drug-likeness (QED) is 0.456. The number of rotatable bonds is 7. The van der Waals surface area contributed by atoms with Gasteiger partial charge in [-0.3, -0.25) is 24.4 Å². The molecule has 9 heteroatoms. The van der Waals surface area contributed by atoms with E-state index in [1.807, 2.05) is 0 Å². The molecule has 0 saturated heterocycles. The van der Waals surface area contributed by atoms with Crippen molar-refractivity contribution in [3.63, 3.8) is 0 Å². The van der Waals surface area contributed by atoms with E-state index in [0.717, 1.165) is 17.3 Å². The average Bonchev–Trinajstić information content (AvgIpc) is 3.02. The number of hydrogen-bond donors (Lipinski definition) is 1. The van der Waals surface area contributed by atoms with Gasteiger partial charge >= 0.3 is 11.7 Å². The van der Waals surface area contributed by atoms with Crippen LogP contribution in [-0.4, -0.2) is 33.7 Å². The van der Waals surface area contributed by atoms with Gasteiger partial charge in [-0.25, -0.2) is 0 Å². The summed E-state index contributed by atoms with van der Waals surface area (Å²) in [7, 11) is 1.32. The smallest absolute Gasteiger partial charge is 0.309 e. The van der Waals surface area contributed by atoms with Crippen LogP contribution < -0.4 is 5.32 Å². The van der Waals surface area contributed by atoms with Gasteiger partial charge in [0, 0.05) is 6.54 Å². The number of nitrogens with one attached hydrogen (secondary N) is 1.